The molecule has 0 spiro atoms. The third-order valence-electron chi connectivity index (χ3n) is 3.16. The maximum atomic E-state index is 11.8. The number of anilines is 1. The van der Waals surface area contributed by atoms with Crippen LogP contribution in [0.1, 0.15) is 19.3 Å². The summed E-state index contributed by atoms with van der Waals surface area (Å²) in [5, 5.41) is 3.28. The molecule has 0 atom stereocenters. The maximum Gasteiger partial charge on any atom is 0.248 e. The third kappa shape index (κ3) is 4.38. The van der Waals surface area contributed by atoms with E-state index in [4.69, 9.17) is 11.6 Å². The number of halogens is 1. The average molecular weight is 293 g/mol. The zero-order valence-electron chi connectivity index (χ0n) is 11.1. The number of hydrogen-bond acceptors (Lipinski definition) is 2. The minimum atomic E-state index is -0.322. The number of carbonyl (C=O) groups is 2. The van der Waals surface area contributed by atoms with E-state index in [-0.39, 0.29) is 11.8 Å². The number of benzene rings is 1. The van der Waals surface area contributed by atoms with Crippen molar-refractivity contribution in [3.8, 4) is 0 Å². The molecule has 0 aromatic heterocycles. The normalized spacial score (nSPS) is 15.3. The Hall–Kier alpha value is -1.81. The second kappa shape index (κ2) is 7.10. The second-order valence-corrected chi connectivity index (χ2v) is 5.15. The van der Waals surface area contributed by atoms with Gasteiger partial charge in [-0.05, 0) is 43.5 Å². The molecule has 20 heavy (non-hydrogen) atoms. The lowest BCUT2D eigenvalue weighted by atomic mass is 10.1. The van der Waals surface area contributed by atoms with Crippen molar-refractivity contribution < 1.29 is 9.59 Å². The molecule has 1 aliphatic heterocycles. The summed E-state index contributed by atoms with van der Waals surface area (Å²) in [6, 6.07) is 6.81. The van der Waals surface area contributed by atoms with Crippen LogP contribution in [0.25, 0.3) is 0 Å². The lowest BCUT2D eigenvalue weighted by Gasteiger charge is -2.25. The molecule has 1 fully saturated rings. The van der Waals surface area contributed by atoms with Gasteiger partial charge in [-0.3, -0.25) is 9.59 Å². The number of nitrogens with one attached hydrogen (secondary N) is 1. The molecule has 2 amide bonds. The first kappa shape index (κ1) is 14.6. The van der Waals surface area contributed by atoms with Crippen molar-refractivity contribution >= 4 is 29.1 Å². The molecule has 1 heterocycles. The van der Waals surface area contributed by atoms with Gasteiger partial charge in [-0.15, -0.1) is 0 Å². The van der Waals surface area contributed by atoms with E-state index in [1.165, 1.54) is 18.6 Å². The third-order valence-corrected chi connectivity index (χ3v) is 3.41. The number of rotatable bonds is 3. The standard InChI is InChI=1S/C15H17ClN2O2/c16-12-4-6-13(7-5-12)17-14(19)8-9-15(20)18-10-2-1-3-11-18/h4-9H,1-3,10-11H2,(H,17,19). The fourth-order valence-corrected chi connectivity index (χ4v) is 2.21. The molecule has 4 nitrogen and oxygen atoms in total. The molecular weight excluding hydrogens is 276 g/mol. The Balaban J connectivity index is 1.85. The van der Waals surface area contributed by atoms with Crippen LogP contribution < -0.4 is 5.32 Å². The minimum Gasteiger partial charge on any atom is -0.339 e. The molecule has 0 radical (unpaired) electrons. The molecule has 0 saturated carbocycles. The van der Waals surface area contributed by atoms with Gasteiger partial charge in [0, 0.05) is 36.0 Å². The first-order chi connectivity index (χ1) is 9.65. The van der Waals surface area contributed by atoms with Crippen LogP contribution in [-0.2, 0) is 9.59 Å². The zero-order valence-corrected chi connectivity index (χ0v) is 11.9. The van der Waals surface area contributed by atoms with E-state index in [0.29, 0.717) is 10.7 Å². The Morgan fingerprint density at radius 2 is 1.70 bits per heavy atom. The summed E-state index contributed by atoms with van der Waals surface area (Å²) in [6.45, 7) is 1.56. The molecule has 0 unspecified atom stereocenters. The Morgan fingerprint density at radius 1 is 1.05 bits per heavy atom. The highest BCUT2D eigenvalue weighted by Gasteiger charge is 2.13. The second-order valence-electron chi connectivity index (χ2n) is 4.72. The number of likely N-dealkylation sites (tertiary alicyclic amines) is 1. The van der Waals surface area contributed by atoms with Gasteiger partial charge >= 0.3 is 0 Å². The van der Waals surface area contributed by atoms with Gasteiger partial charge in [-0.25, -0.2) is 0 Å². The van der Waals surface area contributed by atoms with Crippen molar-refractivity contribution in [2.75, 3.05) is 18.4 Å². The summed E-state index contributed by atoms with van der Waals surface area (Å²) in [7, 11) is 0. The Morgan fingerprint density at radius 3 is 2.35 bits per heavy atom. The molecule has 0 bridgehead atoms. The summed E-state index contributed by atoms with van der Waals surface area (Å²) >= 11 is 5.76. The molecule has 106 valence electrons. The largest absolute Gasteiger partial charge is 0.339 e. The molecule has 1 N–H and O–H groups in total. The van der Waals surface area contributed by atoms with E-state index < -0.39 is 0 Å². The average Bonchev–Trinajstić information content (AvgIpc) is 2.48. The molecule has 1 aromatic carbocycles. The summed E-state index contributed by atoms with van der Waals surface area (Å²) in [4.78, 5) is 25.3. The molecular formula is C15H17ClN2O2. The highest BCUT2D eigenvalue weighted by Crippen LogP contribution is 2.13. The maximum absolute atomic E-state index is 11.8. The SMILES string of the molecule is O=C(C=CC(=O)N1CCCCC1)Nc1ccc(Cl)cc1. The number of hydrogen-bond donors (Lipinski definition) is 1. The highest BCUT2D eigenvalue weighted by molar-refractivity contribution is 6.30. The molecule has 2 rings (SSSR count). The molecule has 1 saturated heterocycles. The van der Waals surface area contributed by atoms with E-state index in [2.05, 4.69) is 5.32 Å². The van der Waals surface area contributed by atoms with Gasteiger partial charge in [-0.1, -0.05) is 11.6 Å². The van der Waals surface area contributed by atoms with Gasteiger partial charge in [0.1, 0.15) is 0 Å². The van der Waals surface area contributed by atoms with Gasteiger partial charge in [-0.2, -0.15) is 0 Å². The van der Waals surface area contributed by atoms with Gasteiger partial charge in [0.15, 0.2) is 0 Å². The van der Waals surface area contributed by atoms with Crippen molar-refractivity contribution in [1.29, 1.82) is 0 Å². The van der Waals surface area contributed by atoms with E-state index in [1.54, 1.807) is 29.2 Å². The lowest BCUT2D eigenvalue weighted by molar-refractivity contribution is -0.127. The predicted octanol–water partition coefficient (Wildman–Crippen LogP) is 2.85. The molecule has 5 heteroatoms. The summed E-state index contributed by atoms with van der Waals surface area (Å²) in [5.74, 6) is -0.423. The molecule has 1 aromatic rings. The quantitative estimate of drug-likeness (QED) is 0.871. The molecule has 0 aliphatic carbocycles. The van der Waals surface area contributed by atoms with Crippen molar-refractivity contribution in [2.45, 2.75) is 19.3 Å². The number of nitrogens with zero attached hydrogens (tertiary/aromatic N) is 1. The van der Waals surface area contributed by atoms with E-state index >= 15 is 0 Å². The van der Waals surface area contributed by atoms with Crippen molar-refractivity contribution in [2.24, 2.45) is 0 Å². The van der Waals surface area contributed by atoms with Gasteiger partial charge in [0.25, 0.3) is 0 Å². The smallest absolute Gasteiger partial charge is 0.248 e. The van der Waals surface area contributed by atoms with Crippen LogP contribution in [0, 0.1) is 0 Å². The van der Waals surface area contributed by atoms with Crippen LogP contribution in [0.4, 0.5) is 5.69 Å². The fraction of sp³-hybridized carbons (Fsp3) is 0.333. The predicted molar refractivity (Wildman–Crippen MR) is 79.7 cm³/mol. The van der Waals surface area contributed by atoms with Crippen LogP contribution in [0.2, 0.25) is 5.02 Å². The van der Waals surface area contributed by atoms with Crippen molar-refractivity contribution in [1.82, 2.24) is 4.90 Å². The highest BCUT2D eigenvalue weighted by atomic mass is 35.5. The lowest BCUT2D eigenvalue weighted by Crippen LogP contribution is -2.34. The monoisotopic (exact) mass is 292 g/mol. The topological polar surface area (TPSA) is 49.4 Å². The van der Waals surface area contributed by atoms with Crippen molar-refractivity contribution in [3.63, 3.8) is 0 Å². The number of carbonyl (C=O) groups excluding carboxylic acids is 2. The Kier molecular flexibility index (Phi) is 5.18. The van der Waals surface area contributed by atoms with Crippen LogP contribution in [-0.4, -0.2) is 29.8 Å². The first-order valence-electron chi connectivity index (χ1n) is 6.69. The number of amides is 2. The van der Waals surface area contributed by atoms with E-state index in [1.807, 2.05) is 0 Å². The van der Waals surface area contributed by atoms with Gasteiger partial charge < -0.3 is 10.2 Å². The van der Waals surface area contributed by atoms with E-state index in [0.717, 1.165) is 25.9 Å². The van der Waals surface area contributed by atoms with E-state index in [9.17, 15) is 9.59 Å². The van der Waals surface area contributed by atoms with Crippen LogP contribution >= 0.6 is 11.6 Å². The fourth-order valence-electron chi connectivity index (χ4n) is 2.08. The Bertz CT molecular complexity index is 505. The van der Waals surface area contributed by atoms with Crippen LogP contribution in [0.3, 0.4) is 0 Å². The summed E-state index contributed by atoms with van der Waals surface area (Å²) in [6.07, 6.45) is 5.85. The first-order valence-corrected chi connectivity index (χ1v) is 7.06. The molecule has 1 aliphatic rings. The van der Waals surface area contributed by atoms with Crippen molar-refractivity contribution in [3.05, 3.63) is 41.4 Å². The van der Waals surface area contributed by atoms with Crippen LogP contribution in [0.5, 0.6) is 0 Å². The zero-order chi connectivity index (χ0) is 14.4. The summed E-state index contributed by atoms with van der Waals surface area (Å²) < 4.78 is 0. The minimum absolute atomic E-state index is 0.101. The van der Waals surface area contributed by atoms with Gasteiger partial charge in [0.05, 0.1) is 0 Å². The van der Waals surface area contributed by atoms with Crippen LogP contribution in [0.15, 0.2) is 36.4 Å². The van der Waals surface area contributed by atoms with Gasteiger partial charge in [0.2, 0.25) is 11.8 Å². The summed E-state index contributed by atoms with van der Waals surface area (Å²) in [5.41, 5.74) is 0.648. The number of piperidine rings is 1. The Labute approximate surface area is 123 Å².